The van der Waals surface area contributed by atoms with Crippen LogP contribution in [0.1, 0.15) is 33.6 Å². The van der Waals surface area contributed by atoms with E-state index >= 15 is 0 Å². The number of carboxylic acid groups (broad SMARTS) is 1. The summed E-state index contributed by atoms with van der Waals surface area (Å²) < 4.78 is 17.3. The minimum absolute atomic E-state index is 0.236. The van der Waals surface area contributed by atoms with Gasteiger partial charge in [0.15, 0.2) is 6.29 Å². The topological polar surface area (TPSA) is 166 Å². The Bertz CT molecular complexity index is 728. The van der Waals surface area contributed by atoms with Crippen LogP contribution in [0.5, 0.6) is 0 Å². The van der Waals surface area contributed by atoms with Crippen LogP contribution in [0, 0.1) is 5.41 Å². The van der Waals surface area contributed by atoms with Gasteiger partial charge in [0.05, 0.1) is 19.3 Å². The highest BCUT2D eigenvalue weighted by Gasteiger charge is 2.67. The zero-order valence-corrected chi connectivity index (χ0v) is 17.8. The van der Waals surface area contributed by atoms with Crippen LogP contribution < -0.4 is 0 Å². The Kier molecular flexibility index (Phi) is 6.68. The molecule has 0 aromatic heterocycles. The number of aliphatic hydroxyl groups excluding tert-OH is 4. The van der Waals surface area contributed by atoms with Crippen LogP contribution in [0.25, 0.3) is 0 Å². The molecular weight excluding hydrogens is 412 g/mol. The number of rotatable bonds is 6. The van der Waals surface area contributed by atoms with Crippen LogP contribution >= 0.6 is 0 Å². The van der Waals surface area contributed by atoms with Crippen molar-refractivity contribution in [1.82, 2.24) is 0 Å². The molecule has 0 radical (unpaired) electrons. The van der Waals surface area contributed by atoms with Crippen molar-refractivity contribution in [2.75, 3.05) is 13.2 Å². The second-order valence-electron chi connectivity index (χ2n) is 9.27. The smallest absolute Gasteiger partial charge is 0.328 e. The highest BCUT2D eigenvalue weighted by atomic mass is 16.7. The van der Waals surface area contributed by atoms with E-state index < -0.39 is 66.0 Å². The van der Waals surface area contributed by atoms with Gasteiger partial charge in [-0.05, 0) is 31.9 Å². The maximum atomic E-state index is 11.6. The first-order valence-electron chi connectivity index (χ1n) is 10.3. The van der Waals surface area contributed by atoms with Gasteiger partial charge >= 0.3 is 5.97 Å². The molecule has 2 aliphatic heterocycles. The molecule has 3 fully saturated rings. The lowest BCUT2D eigenvalue weighted by Gasteiger charge is -2.51. The largest absolute Gasteiger partial charge is 0.478 e. The molecule has 1 aliphatic carbocycles. The minimum Gasteiger partial charge on any atom is -0.478 e. The molecule has 2 saturated heterocycles. The molecule has 0 aromatic rings. The van der Waals surface area contributed by atoms with E-state index in [0.29, 0.717) is 12.0 Å². The fourth-order valence-corrected chi connectivity index (χ4v) is 4.95. The Labute approximate surface area is 180 Å². The maximum absolute atomic E-state index is 11.6. The van der Waals surface area contributed by atoms with Crippen molar-refractivity contribution in [1.29, 1.82) is 0 Å². The van der Waals surface area contributed by atoms with E-state index in [1.165, 1.54) is 0 Å². The maximum Gasteiger partial charge on any atom is 0.328 e. The fraction of sp³-hybridized carbons (Fsp3) is 0.762. The molecule has 1 saturated carbocycles. The molecule has 3 rings (SSSR count). The van der Waals surface area contributed by atoms with Gasteiger partial charge in [-0.2, -0.15) is 0 Å². The second-order valence-corrected chi connectivity index (χ2v) is 9.27. The second kappa shape index (κ2) is 8.53. The number of aliphatic hydroxyl groups is 5. The van der Waals surface area contributed by atoms with Crippen molar-refractivity contribution in [2.45, 2.75) is 81.6 Å². The first kappa shape index (κ1) is 24.3. The fourth-order valence-electron chi connectivity index (χ4n) is 4.95. The lowest BCUT2D eigenvalue weighted by molar-refractivity contribution is -0.319. The Morgan fingerprint density at radius 1 is 1.16 bits per heavy atom. The van der Waals surface area contributed by atoms with Gasteiger partial charge in [-0.1, -0.05) is 13.0 Å². The van der Waals surface area contributed by atoms with Gasteiger partial charge in [0.25, 0.3) is 0 Å². The van der Waals surface area contributed by atoms with Gasteiger partial charge in [-0.25, -0.2) is 4.79 Å². The van der Waals surface area contributed by atoms with Gasteiger partial charge < -0.3 is 44.8 Å². The minimum atomic E-state index is -1.54. The van der Waals surface area contributed by atoms with Crippen molar-refractivity contribution >= 4 is 5.97 Å². The Morgan fingerprint density at radius 3 is 2.42 bits per heavy atom. The number of fused-ring (bicyclic) bond motifs is 2. The summed E-state index contributed by atoms with van der Waals surface area (Å²) in [5.74, 6) is -1.08. The number of hydrogen-bond donors (Lipinski definition) is 6. The summed E-state index contributed by atoms with van der Waals surface area (Å²) in [5.41, 5.74) is -2.77. The number of ether oxygens (including phenoxy) is 3. The molecule has 2 heterocycles. The molecule has 9 atom stereocenters. The Hall–Kier alpha value is -1.37. The number of aliphatic carboxylic acids is 1. The van der Waals surface area contributed by atoms with Crippen LogP contribution in [0.15, 0.2) is 23.8 Å². The van der Waals surface area contributed by atoms with E-state index in [0.717, 1.165) is 6.08 Å². The zero-order chi connectivity index (χ0) is 23.2. The summed E-state index contributed by atoms with van der Waals surface area (Å²) in [4.78, 5) is 10.9. The Balaban J connectivity index is 1.78. The number of carboxylic acids is 1. The third kappa shape index (κ3) is 4.19. The molecule has 176 valence electrons. The average molecular weight is 444 g/mol. The van der Waals surface area contributed by atoms with Crippen LogP contribution in [-0.4, -0.2) is 97.8 Å². The number of allylic oxidation sites excluding steroid dienone is 2. The van der Waals surface area contributed by atoms with Crippen molar-refractivity contribution in [3.63, 3.8) is 0 Å². The third-order valence-electron chi connectivity index (χ3n) is 6.84. The summed E-state index contributed by atoms with van der Waals surface area (Å²) in [6.07, 6.45) is -2.65. The van der Waals surface area contributed by atoms with E-state index in [-0.39, 0.29) is 13.0 Å². The first-order valence-corrected chi connectivity index (χ1v) is 10.3. The molecule has 0 amide bonds. The first-order chi connectivity index (χ1) is 14.4. The van der Waals surface area contributed by atoms with Crippen molar-refractivity contribution in [3.05, 3.63) is 23.8 Å². The molecule has 2 unspecified atom stereocenters. The lowest BCUT2D eigenvalue weighted by atomic mass is 9.59. The van der Waals surface area contributed by atoms with Gasteiger partial charge in [0.1, 0.15) is 35.6 Å². The number of hydrogen-bond acceptors (Lipinski definition) is 9. The molecular formula is C21H32O10. The van der Waals surface area contributed by atoms with Crippen molar-refractivity contribution in [2.24, 2.45) is 5.41 Å². The Morgan fingerprint density at radius 2 is 1.84 bits per heavy atom. The molecule has 6 N–H and O–H groups in total. The van der Waals surface area contributed by atoms with Gasteiger partial charge in [0.2, 0.25) is 0 Å². The summed E-state index contributed by atoms with van der Waals surface area (Å²) in [7, 11) is 0. The van der Waals surface area contributed by atoms with E-state index in [4.69, 9.17) is 19.3 Å². The molecule has 10 nitrogen and oxygen atoms in total. The SMILES string of the molecule is CC(=C/C(=O)O)/C=C/[C@@]1(O)C2(C)COC1(C)C[C@@H](O[C@@H]1O[C@H](CO)[C@@H](O)[C@H](O)[C@H]1O)C2. The van der Waals surface area contributed by atoms with E-state index in [9.17, 15) is 30.3 Å². The summed E-state index contributed by atoms with van der Waals surface area (Å²) in [6, 6.07) is 0. The molecule has 31 heavy (non-hydrogen) atoms. The lowest BCUT2D eigenvalue weighted by Crippen LogP contribution is -2.63. The predicted octanol–water partition coefficient (Wildman–Crippen LogP) is -0.921. The van der Waals surface area contributed by atoms with E-state index in [2.05, 4.69) is 0 Å². The molecule has 2 bridgehead atoms. The van der Waals surface area contributed by atoms with Crippen LogP contribution in [-0.2, 0) is 19.0 Å². The summed E-state index contributed by atoms with van der Waals surface area (Å²) in [5, 5.41) is 60.0. The quantitative estimate of drug-likeness (QED) is 0.223. The normalized spacial score (nSPS) is 48.3. The monoisotopic (exact) mass is 444 g/mol. The third-order valence-corrected chi connectivity index (χ3v) is 6.84. The van der Waals surface area contributed by atoms with Crippen LogP contribution in [0.4, 0.5) is 0 Å². The number of carbonyl (C=O) groups is 1. The standard InChI is InChI=1S/C21H32O10/c1-11(6-14(23)24)4-5-21(28)19(2)7-12(8-20(21,3)29-10-19)30-18-17(27)16(26)15(25)13(9-22)31-18/h4-6,12-13,15-18,22,25-28H,7-10H2,1-3H3,(H,23,24)/b5-4+,11-6-/t12-,13+,15+,16-,17+,18+,19?,20?,21+/m0/s1. The van der Waals surface area contributed by atoms with Crippen LogP contribution in [0.2, 0.25) is 0 Å². The average Bonchev–Trinajstić information content (AvgIpc) is 2.79. The van der Waals surface area contributed by atoms with E-state index in [1.54, 1.807) is 26.0 Å². The van der Waals surface area contributed by atoms with Gasteiger partial charge in [0, 0.05) is 17.9 Å². The van der Waals surface area contributed by atoms with Crippen molar-refractivity contribution in [3.8, 4) is 0 Å². The van der Waals surface area contributed by atoms with Crippen molar-refractivity contribution < 1.29 is 49.6 Å². The molecule has 10 heteroatoms. The summed E-state index contributed by atoms with van der Waals surface area (Å²) in [6.45, 7) is 4.88. The molecule has 0 aromatic carbocycles. The zero-order valence-electron chi connectivity index (χ0n) is 17.8. The molecule has 3 aliphatic rings. The summed E-state index contributed by atoms with van der Waals surface area (Å²) >= 11 is 0. The predicted molar refractivity (Wildman–Crippen MR) is 106 cm³/mol. The van der Waals surface area contributed by atoms with Crippen LogP contribution in [0.3, 0.4) is 0 Å². The highest BCUT2D eigenvalue weighted by Crippen LogP contribution is 2.58. The van der Waals surface area contributed by atoms with Gasteiger partial charge in [-0.15, -0.1) is 0 Å². The van der Waals surface area contributed by atoms with E-state index in [1.807, 2.05) is 6.92 Å². The highest BCUT2D eigenvalue weighted by molar-refractivity contribution is 5.81. The van der Waals surface area contributed by atoms with Gasteiger partial charge in [-0.3, -0.25) is 0 Å². The molecule has 0 spiro atoms.